The number of hydrogen-bond donors (Lipinski definition) is 1. The summed E-state index contributed by atoms with van der Waals surface area (Å²) in [5, 5.41) is 0.371. The molecule has 6 nitrogen and oxygen atoms in total. The Balaban J connectivity index is 1.82. The van der Waals surface area contributed by atoms with E-state index in [4.69, 9.17) is 0 Å². The summed E-state index contributed by atoms with van der Waals surface area (Å²) in [6.07, 6.45) is 1.90. The smallest absolute Gasteiger partial charge is 0.307 e. The first kappa shape index (κ1) is 18.6. The second-order valence-electron chi connectivity index (χ2n) is 6.82. The van der Waals surface area contributed by atoms with E-state index in [2.05, 4.69) is 9.97 Å². The van der Waals surface area contributed by atoms with Crippen molar-refractivity contribution in [1.29, 1.82) is 0 Å². The van der Waals surface area contributed by atoms with Crippen molar-refractivity contribution >= 4 is 16.7 Å². The van der Waals surface area contributed by atoms with Crippen molar-refractivity contribution in [3.8, 4) is 0 Å². The number of carbonyl (C=O) groups is 1. The van der Waals surface area contributed by atoms with Crippen LogP contribution in [-0.4, -0.2) is 20.3 Å². The fourth-order valence-electron chi connectivity index (χ4n) is 3.44. The molecule has 0 bridgehead atoms. The monoisotopic (exact) mass is 385 g/mol. The highest BCUT2D eigenvalue weighted by Crippen LogP contribution is 2.16. The lowest BCUT2D eigenvalue weighted by molar-refractivity contribution is -0.121. The van der Waals surface area contributed by atoms with Crippen molar-refractivity contribution < 1.29 is 4.79 Å². The van der Waals surface area contributed by atoms with Gasteiger partial charge < -0.3 is 4.98 Å². The van der Waals surface area contributed by atoms with Crippen molar-refractivity contribution in [2.75, 3.05) is 0 Å². The van der Waals surface area contributed by atoms with E-state index < -0.39 is 17.3 Å². The summed E-state index contributed by atoms with van der Waals surface area (Å²) in [5.74, 6) is -0.240. The predicted octanol–water partition coefficient (Wildman–Crippen LogP) is 2.68. The molecule has 29 heavy (non-hydrogen) atoms. The van der Waals surface area contributed by atoms with Gasteiger partial charge in [0.25, 0.3) is 5.56 Å². The Morgan fingerprint density at radius 3 is 2.41 bits per heavy atom. The lowest BCUT2D eigenvalue weighted by Gasteiger charge is -2.18. The van der Waals surface area contributed by atoms with Gasteiger partial charge in [-0.1, -0.05) is 48.5 Å². The van der Waals surface area contributed by atoms with Crippen LogP contribution in [0.15, 0.2) is 88.6 Å². The van der Waals surface area contributed by atoms with Gasteiger partial charge in [0.1, 0.15) is 6.04 Å². The number of rotatable bonds is 6. The molecule has 2 aromatic carbocycles. The number of pyridine rings is 1. The number of benzene rings is 2. The summed E-state index contributed by atoms with van der Waals surface area (Å²) in [6.45, 7) is 0. The van der Waals surface area contributed by atoms with Gasteiger partial charge in [0.05, 0.1) is 17.3 Å². The molecule has 144 valence electrons. The van der Waals surface area contributed by atoms with Crippen molar-refractivity contribution in [2.45, 2.75) is 18.9 Å². The van der Waals surface area contributed by atoms with Gasteiger partial charge in [-0.05, 0) is 29.8 Å². The molecule has 2 aromatic heterocycles. The fourth-order valence-corrected chi connectivity index (χ4v) is 3.44. The highest BCUT2D eigenvalue weighted by atomic mass is 16.2. The maximum Gasteiger partial charge on any atom is 0.329 e. The summed E-state index contributed by atoms with van der Waals surface area (Å²) < 4.78 is 1.04. The summed E-state index contributed by atoms with van der Waals surface area (Å²) in [5.41, 5.74) is 0.852. The lowest BCUT2D eigenvalue weighted by atomic mass is 9.99. The van der Waals surface area contributed by atoms with Crippen LogP contribution in [0.25, 0.3) is 10.9 Å². The molecule has 6 heteroatoms. The zero-order valence-corrected chi connectivity index (χ0v) is 15.6. The third-order valence-electron chi connectivity index (χ3n) is 4.87. The molecule has 0 saturated carbocycles. The standard InChI is InChI=1S/C23H19N3O3/c27-21(15-17-10-6-7-13-24-17)20(14-16-8-2-1-3-9-16)26-22(28)18-11-4-5-12-19(18)25-23(26)29/h1-13,20H,14-15H2,(H,25,29). The van der Waals surface area contributed by atoms with Gasteiger partial charge in [-0.15, -0.1) is 0 Å². The van der Waals surface area contributed by atoms with Crippen LogP contribution in [0.5, 0.6) is 0 Å². The van der Waals surface area contributed by atoms with E-state index in [0.717, 1.165) is 10.1 Å². The Labute approximate surface area is 166 Å². The molecule has 0 saturated heterocycles. The number of nitrogens with zero attached hydrogens (tertiary/aromatic N) is 2. The van der Waals surface area contributed by atoms with Crippen molar-refractivity contribution in [2.24, 2.45) is 0 Å². The third kappa shape index (κ3) is 3.91. The normalized spacial score (nSPS) is 12.0. The van der Waals surface area contributed by atoms with Crippen LogP contribution in [0.3, 0.4) is 0 Å². The molecule has 0 radical (unpaired) electrons. The van der Waals surface area contributed by atoms with Gasteiger partial charge in [0, 0.05) is 18.3 Å². The molecule has 0 aliphatic carbocycles. The molecule has 0 aliphatic rings. The molecule has 1 N–H and O–H groups in total. The van der Waals surface area contributed by atoms with Crippen molar-refractivity contribution in [1.82, 2.24) is 14.5 Å². The molecule has 0 fully saturated rings. The minimum Gasteiger partial charge on any atom is -0.307 e. The topological polar surface area (TPSA) is 84.8 Å². The van der Waals surface area contributed by atoms with Crippen LogP contribution in [0.2, 0.25) is 0 Å². The van der Waals surface area contributed by atoms with Crippen LogP contribution in [0.4, 0.5) is 0 Å². The fraction of sp³-hybridized carbons (Fsp3) is 0.130. The third-order valence-corrected chi connectivity index (χ3v) is 4.87. The number of nitrogens with one attached hydrogen (secondary N) is 1. The second-order valence-corrected chi connectivity index (χ2v) is 6.82. The zero-order valence-electron chi connectivity index (χ0n) is 15.6. The van der Waals surface area contributed by atoms with E-state index in [1.165, 1.54) is 0 Å². The molecule has 1 atom stereocenters. The Morgan fingerprint density at radius 1 is 0.931 bits per heavy atom. The number of Topliss-reactive ketones (excluding diaryl/α,β-unsaturated/α-hetero) is 1. The molecule has 0 spiro atoms. The predicted molar refractivity (Wildman–Crippen MR) is 111 cm³/mol. The summed E-state index contributed by atoms with van der Waals surface area (Å²) >= 11 is 0. The Morgan fingerprint density at radius 2 is 1.66 bits per heavy atom. The zero-order chi connectivity index (χ0) is 20.2. The number of aromatic amines is 1. The van der Waals surface area contributed by atoms with E-state index in [1.807, 2.05) is 30.3 Å². The van der Waals surface area contributed by atoms with Crippen molar-refractivity contribution in [3.05, 3.63) is 111 Å². The number of ketones is 1. The molecule has 0 aliphatic heterocycles. The molecule has 2 heterocycles. The van der Waals surface area contributed by atoms with Gasteiger partial charge in [0.15, 0.2) is 5.78 Å². The van der Waals surface area contributed by atoms with Crippen LogP contribution in [-0.2, 0) is 17.6 Å². The van der Waals surface area contributed by atoms with Crippen molar-refractivity contribution in [3.63, 3.8) is 0 Å². The van der Waals surface area contributed by atoms with E-state index in [1.54, 1.807) is 48.7 Å². The maximum absolute atomic E-state index is 13.2. The van der Waals surface area contributed by atoms with Gasteiger partial charge in [-0.3, -0.25) is 14.6 Å². The Bertz CT molecular complexity index is 1260. The number of para-hydroxylation sites is 1. The lowest BCUT2D eigenvalue weighted by Crippen LogP contribution is -2.42. The van der Waals surface area contributed by atoms with Gasteiger partial charge in [0.2, 0.25) is 0 Å². The first-order valence-corrected chi connectivity index (χ1v) is 9.33. The van der Waals surface area contributed by atoms with Gasteiger partial charge >= 0.3 is 5.69 Å². The highest BCUT2D eigenvalue weighted by Gasteiger charge is 2.25. The SMILES string of the molecule is O=C(Cc1ccccn1)C(Cc1ccccc1)n1c(=O)[nH]c2ccccc2c1=O. The van der Waals surface area contributed by atoms with E-state index >= 15 is 0 Å². The van der Waals surface area contributed by atoms with Gasteiger partial charge in [-0.25, -0.2) is 9.36 Å². The first-order valence-electron chi connectivity index (χ1n) is 9.33. The average Bonchev–Trinajstić information content (AvgIpc) is 2.74. The number of fused-ring (bicyclic) bond motifs is 1. The van der Waals surface area contributed by atoms with Crippen LogP contribution in [0.1, 0.15) is 17.3 Å². The minimum atomic E-state index is -0.930. The number of carbonyl (C=O) groups excluding carboxylic acids is 1. The van der Waals surface area contributed by atoms with Crippen LogP contribution < -0.4 is 11.2 Å². The van der Waals surface area contributed by atoms with E-state index in [0.29, 0.717) is 16.6 Å². The maximum atomic E-state index is 13.2. The van der Waals surface area contributed by atoms with E-state index in [-0.39, 0.29) is 18.6 Å². The molecular formula is C23H19N3O3. The van der Waals surface area contributed by atoms with Crippen LogP contribution in [0, 0.1) is 0 Å². The minimum absolute atomic E-state index is 0.0387. The molecule has 0 amide bonds. The summed E-state index contributed by atoms with van der Waals surface area (Å²) in [4.78, 5) is 46.0. The van der Waals surface area contributed by atoms with Crippen LogP contribution >= 0.6 is 0 Å². The van der Waals surface area contributed by atoms with Gasteiger partial charge in [-0.2, -0.15) is 0 Å². The average molecular weight is 385 g/mol. The van der Waals surface area contributed by atoms with E-state index in [9.17, 15) is 14.4 Å². The largest absolute Gasteiger partial charge is 0.329 e. The molecule has 1 unspecified atom stereocenters. The molecule has 4 rings (SSSR count). The number of H-pyrrole nitrogens is 1. The second kappa shape index (κ2) is 8.06. The number of aromatic nitrogens is 3. The Kier molecular flexibility index (Phi) is 5.16. The Hall–Kier alpha value is -3.80. The first-order chi connectivity index (χ1) is 14.1. The molecule has 4 aromatic rings. The molecular weight excluding hydrogens is 366 g/mol. The number of hydrogen-bond acceptors (Lipinski definition) is 4. The summed E-state index contributed by atoms with van der Waals surface area (Å²) in [6, 6.07) is 20.6. The highest BCUT2D eigenvalue weighted by molar-refractivity contribution is 5.85. The quantitative estimate of drug-likeness (QED) is 0.553. The summed E-state index contributed by atoms with van der Waals surface area (Å²) in [7, 11) is 0.